The first kappa shape index (κ1) is 30.9. The summed E-state index contributed by atoms with van der Waals surface area (Å²) in [6, 6.07) is 17.0. The highest BCUT2D eigenvalue weighted by Gasteiger charge is 2.48. The van der Waals surface area contributed by atoms with Gasteiger partial charge < -0.3 is 19.3 Å². The minimum atomic E-state index is -1.00. The van der Waals surface area contributed by atoms with E-state index in [2.05, 4.69) is 10.2 Å². The standard InChI is InChI=1S/C33H30ClN3O6S2/c1-4-41-25-13-10-19(16-26(25)42-5-2)28-27(29(38)20-11-12-24-22(15-20)14-18(3)43-24)30(39)31(40)37(28)32-35-36-33(45-32)44-17-21-8-6-7-9-23(21)34/h6-13,15-16,18,28,38H,4-5,14,17H2,1-3H3/b29-27+/t18-,28+/m0/s1. The highest BCUT2D eigenvalue weighted by molar-refractivity contribution is 8.00. The molecule has 12 heteroatoms. The normalized spacial score (nSPS) is 18.6. The first-order valence-corrected chi connectivity index (χ1v) is 16.7. The molecule has 2 aliphatic heterocycles. The van der Waals surface area contributed by atoms with E-state index in [1.54, 1.807) is 36.4 Å². The number of anilines is 1. The van der Waals surface area contributed by atoms with Gasteiger partial charge in [0, 0.05) is 22.8 Å². The average molecular weight is 664 g/mol. The van der Waals surface area contributed by atoms with Crippen molar-refractivity contribution in [3.05, 3.63) is 93.5 Å². The fraction of sp³-hybridized carbons (Fsp3) is 0.273. The lowest BCUT2D eigenvalue weighted by Crippen LogP contribution is -2.29. The van der Waals surface area contributed by atoms with Crippen molar-refractivity contribution in [3.63, 3.8) is 0 Å². The van der Waals surface area contributed by atoms with Crippen LogP contribution in [0.3, 0.4) is 0 Å². The minimum absolute atomic E-state index is 0.00574. The fourth-order valence-corrected chi connectivity index (χ4v) is 7.57. The monoisotopic (exact) mass is 663 g/mol. The number of thioether (sulfide) groups is 1. The number of Topliss-reactive ketones (excluding diaryl/α,β-unsaturated/α-hetero) is 1. The summed E-state index contributed by atoms with van der Waals surface area (Å²) in [6.45, 7) is 6.50. The minimum Gasteiger partial charge on any atom is -0.507 e. The number of aromatic nitrogens is 2. The molecule has 45 heavy (non-hydrogen) atoms. The second-order valence-corrected chi connectivity index (χ2v) is 13.0. The summed E-state index contributed by atoms with van der Waals surface area (Å²) >= 11 is 8.94. The number of aliphatic hydroxyl groups is 1. The van der Waals surface area contributed by atoms with Crippen LogP contribution >= 0.6 is 34.7 Å². The number of halogens is 1. The number of nitrogens with zero attached hydrogens (tertiary/aromatic N) is 3. The molecule has 0 unspecified atom stereocenters. The maximum Gasteiger partial charge on any atom is 0.301 e. The summed E-state index contributed by atoms with van der Waals surface area (Å²) in [7, 11) is 0. The molecule has 0 spiro atoms. The third-order valence-corrected chi connectivity index (χ3v) is 9.88. The predicted molar refractivity (Wildman–Crippen MR) is 175 cm³/mol. The molecule has 1 N–H and O–H groups in total. The van der Waals surface area contributed by atoms with Crippen molar-refractivity contribution < 1.29 is 28.9 Å². The molecule has 3 aromatic carbocycles. The molecule has 0 radical (unpaired) electrons. The van der Waals surface area contributed by atoms with Gasteiger partial charge in [-0.3, -0.25) is 14.5 Å². The van der Waals surface area contributed by atoms with Crippen LogP contribution in [0.15, 0.2) is 70.6 Å². The Hall–Kier alpha value is -4.06. The van der Waals surface area contributed by atoms with Crippen LogP contribution in [0.2, 0.25) is 5.02 Å². The van der Waals surface area contributed by atoms with Gasteiger partial charge in [-0.25, -0.2) is 0 Å². The molecule has 3 heterocycles. The number of carbonyl (C=O) groups is 2. The van der Waals surface area contributed by atoms with Crippen LogP contribution in [0.25, 0.3) is 5.76 Å². The number of aliphatic hydroxyl groups excluding tert-OH is 1. The molecule has 1 amide bonds. The smallest absolute Gasteiger partial charge is 0.301 e. The van der Waals surface area contributed by atoms with E-state index >= 15 is 0 Å². The molecule has 1 fully saturated rings. The molecule has 0 bridgehead atoms. The molecule has 232 valence electrons. The Morgan fingerprint density at radius 3 is 2.62 bits per heavy atom. The van der Waals surface area contributed by atoms with Crippen molar-refractivity contribution in [1.82, 2.24) is 10.2 Å². The molecule has 1 saturated heterocycles. The summed E-state index contributed by atoms with van der Waals surface area (Å²) in [6.07, 6.45) is 0.677. The number of hydrogen-bond donors (Lipinski definition) is 1. The third kappa shape index (κ3) is 6.12. The van der Waals surface area contributed by atoms with Crippen molar-refractivity contribution in [3.8, 4) is 17.2 Å². The van der Waals surface area contributed by atoms with Gasteiger partial charge in [0.05, 0.1) is 24.8 Å². The third-order valence-electron chi connectivity index (χ3n) is 7.41. The van der Waals surface area contributed by atoms with Crippen LogP contribution in [0, 0.1) is 0 Å². The molecule has 9 nitrogen and oxygen atoms in total. The number of fused-ring (bicyclic) bond motifs is 1. The van der Waals surface area contributed by atoms with E-state index in [0.29, 0.717) is 57.4 Å². The number of benzene rings is 3. The van der Waals surface area contributed by atoms with E-state index in [1.165, 1.54) is 28.0 Å². The maximum atomic E-state index is 13.8. The molecule has 2 aliphatic rings. The van der Waals surface area contributed by atoms with Crippen LogP contribution in [0.4, 0.5) is 5.13 Å². The lowest BCUT2D eigenvalue weighted by Gasteiger charge is -2.23. The second-order valence-electron chi connectivity index (χ2n) is 10.4. The van der Waals surface area contributed by atoms with Crippen molar-refractivity contribution in [2.24, 2.45) is 0 Å². The second kappa shape index (κ2) is 13.1. The lowest BCUT2D eigenvalue weighted by molar-refractivity contribution is -0.132. The van der Waals surface area contributed by atoms with Gasteiger partial charge in [0.15, 0.2) is 15.8 Å². The Bertz CT molecular complexity index is 1810. The predicted octanol–water partition coefficient (Wildman–Crippen LogP) is 7.23. The van der Waals surface area contributed by atoms with Crippen LogP contribution in [0.1, 0.15) is 49.1 Å². The van der Waals surface area contributed by atoms with Gasteiger partial charge in [-0.1, -0.05) is 59.0 Å². The summed E-state index contributed by atoms with van der Waals surface area (Å²) in [4.78, 5) is 28.8. The molecular weight excluding hydrogens is 634 g/mol. The largest absolute Gasteiger partial charge is 0.507 e. The summed E-state index contributed by atoms with van der Waals surface area (Å²) < 4.78 is 18.0. The van der Waals surface area contributed by atoms with Crippen LogP contribution in [-0.4, -0.2) is 46.3 Å². The molecule has 6 rings (SSSR count). The Morgan fingerprint density at radius 2 is 1.84 bits per heavy atom. The van der Waals surface area contributed by atoms with Gasteiger partial charge >= 0.3 is 5.91 Å². The van der Waals surface area contributed by atoms with Crippen molar-refractivity contribution in [2.75, 3.05) is 18.1 Å². The number of ketones is 1. The molecule has 4 aromatic rings. The number of hydrogen-bond acceptors (Lipinski definition) is 10. The first-order chi connectivity index (χ1) is 21.8. The van der Waals surface area contributed by atoms with Crippen molar-refractivity contribution in [1.29, 1.82) is 0 Å². The highest BCUT2D eigenvalue weighted by atomic mass is 35.5. The number of rotatable bonds is 10. The average Bonchev–Trinajstić information content (AvgIpc) is 3.72. The number of carbonyl (C=O) groups excluding carboxylic acids is 2. The van der Waals surface area contributed by atoms with E-state index in [9.17, 15) is 14.7 Å². The number of ether oxygens (including phenoxy) is 3. The van der Waals surface area contributed by atoms with Gasteiger partial charge in [-0.2, -0.15) is 0 Å². The maximum absolute atomic E-state index is 13.8. The SMILES string of the molecule is CCOc1ccc([C@@H]2/C(=C(\O)c3ccc4c(c3)C[C@H](C)O4)C(=O)C(=O)N2c2nnc(SCc3ccccc3Cl)s2)cc1OCC. The lowest BCUT2D eigenvalue weighted by atomic mass is 9.94. The van der Waals surface area contributed by atoms with Gasteiger partial charge in [0.1, 0.15) is 17.6 Å². The summed E-state index contributed by atoms with van der Waals surface area (Å²) in [5.41, 5.74) is 2.76. The van der Waals surface area contributed by atoms with Gasteiger partial charge in [0.2, 0.25) is 5.13 Å². The molecular formula is C33H30ClN3O6S2. The van der Waals surface area contributed by atoms with Gasteiger partial charge in [-0.05, 0) is 73.9 Å². The summed E-state index contributed by atoms with van der Waals surface area (Å²) in [5.74, 6) is 0.349. The Balaban J connectivity index is 1.43. The number of amides is 1. The molecule has 0 saturated carbocycles. The van der Waals surface area contributed by atoms with E-state index in [-0.39, 0.29) is 22.6 Å². The Kier molecular flexibility index (Phi) is 9.02. The zero-order chi connectivity index (χ0) is 31.7. The quantitative estimate of drug-likeness (QED) is 0.0617. The first-order valence-electron chi connectivity index (χ1n) is 14.5. The van der Waals surface area contributed by atoms with Crippen molar-refractivity contribution in [2.45, 2.75) is 49.4 Å². The van der Waals surface area contributed by atoms with Crippen LogP contribution < -0.4 is 19.1 Å². The van der Waals surface area contributed by atoms with Crippen LogP contribution in [0.5, 0.6) is 17.2 Å². The summed E-state index contributed by atoms with van der Waals surface area (Å²) in [5, 5.41) is 21.2. The van der Waals surface area contributed by atoms with E-state index in [1.807, 2.05) is 45.0 Å². The highest BCUT2D eigenvalue weighted by Crippen LogP contribution is 2.46. The molecule has 1 aromatic heterocycles. The molecule has 2 atom stereocenters. The Morgan fingerprint density at radius 1 is 1.07 bits per heavy atom. The van der Waals surface area contributed by atoms with Gasteiger partial charge in [0.25, 0.3) is 5.78 Å². The van der Waals surface area contributed by atoms with E-state index in [4.69, 9.17) is 25.8 Å². The zero-order valence-electron chi connectivity index (χ0n) is 24.8. The Labute approximate surface area is 273 Å². The topological polar surface area (TPSA) is 111 Å². The molecule has 0 aliphatic carbocycles. The van der Waals surface area contributed by atoms with Gasteiger partial charge in [-0.15, -0.1) is 10.2 Å². The van der Waals surface area contributed by atoms with E-state index in [0.717, 1.165) is 16.9 Å². The fourth-order valence-electron chi connectivity index (χ4n) is 5.42. The zero-order valence-corrected chi connectivity index (χ0v) is 27.2. The van der Waals surface area contributed by atoms with E-state index < -0.39 is 17.7 Å². The van der Waals surface area contributed by atoms with Crippen molar-refractivity contribution >= 4 is 57.3 Å². The van der Waals surface area contributed by atoms with Crippen LogP contribution in [-0.2, 0) is 21.8 Å².